The zero-order chi connectivity index (χ0) is 21.3. The van der Waals surface area contributed by atoms with E-state index in [9.17, 15) is 13.2 Å². The van der Waals surface area contributed by atoms with Gasteiger partial charge in [-0.15, -0.1) is 0 Å². The summed E-state index contributed by atoms with van der Waals surface area (Å²) in [6, 6.07) is 16.9. The number of nitrogens with zero attached hydrogens (tertiary/aromatic N) is 1. The van der Waals surface area contributed by atoms with Crippen molar-refractivity contribution in [3.63, 3.8) is 0 Å². The Balaban J connectivity index is 1.78. The average Bonchev–Trinajstić information content (AvgIpc) is 2.68. The molecule has 29 heavy (non-hydrogen) atoms. The molecule has 0 heterocycles. The van der Waals surface area contributed by atoms with Gasteiger partial charge in [0.25, 0.3) is 0 Å². The number of sulfonamides is 1. The number of benzene rings is 2. The highest BCUT2D eigenvalue weighted by atomic mass is 32.2. The number of nitrogens with one attached hydrogen (secondary N) is 1. The van der Waals surface area contributed by atoms with Crippen LogP contribution in [0.4, 0.5) is 5.69 Å². The van der Waals surface area contributed by atoms with Gasteiger partial charge in [-0.2, -0.15) is 0 Å². The summed E-state index contributed by atoms with van der Waals surface area (Å²) in [4.78, 5) is 12.0. The van der Waals surface area contributed by atoms with Crippen LogP contribution < -0.4 is 14.4 Å². The van der Waals surface area contributed by atoms with Crippen LogP contribution in [0.5, 0.6) is 5.75 Å². The number of rotatable bonds is 11. The van der Waals surface area contributed by atoms with Crippen molar-refractivity contribution in [3.8, 4) is 5.75 Å². The summed E-state index contributed by atoms with van der Waals surface area (Å²) in [5, 5.41) is 2.79. The minimum atomic E-state index is -3.42. The second-order valence-corrected chi connectivity index (χ2v) is 9.10. The highest BCUT2D eigenvalue weighted by Crippen LogP contribution is 2.22. The smallest absolute Gasteiger partial charge is 0.232 e. The zero-order valence-electron chi connectivity index (χ0n) is 17.3. The van der Waals surface area contributed by atoms with Crippen molar-refractivity contribution in [1.82, 2.24) is 5.32 Å². The maximum atomic E-state index is 12.2. The predicted molar refractivity (Wildman–Crippen MR) is 117 cm³/mol. The van der Waals surface area contributed by atoms with E-state index in [1.54, 1.807) is 0 Å². The van der Waals surface area contributed by atoms with Crippen molar-refractivity contribution in [2.45, 2.75) is 32.6 Å². The molecule has 2 rings (SSSR count). The van der Waals surface area contributed by atoms with Crippen molar-refractivity contribution >= 4 is 21.6 Å². The van der Waals surface area contributed by atoms with Crippen molar-refractivity contribution in [2.24, 2.45) is 0 Å². The Morgan fingerprint density at radius 3 is 2.31 bits per heavy atom. The minimum Gasteiger partial charge on any atom is -0.492 e. The van der Waals surface area contributed by atoms with Crippen molar-refractivity contribution < 1.29 is 17.9 Å². The summed E-state index contributed by atoms with van der Waals surface area (Å²) in [5.74, 6) is 1.02. The summed E-state index contributed by atoms with van der Waals surface area (Å²) >= 11 is 0. The number of hydrogen-bond donors (Lipinski definition) is 1. The van der Waals surface area contributed by atoms with Gasteiger partial charge < -0.3 is 10.1 Å². The van der Waals surface area contributed by atoms with E-state index in [-0.39, 0.29) is 18.9 Å². The van der Waals surface area contributed by atoms with Crippen molar-refractivity contribution in [3.05, 3.63) is 60.2 Å². The van der Waals surface area contributed by atoms with Crippen LogP contribution in [-0.2, 0) is 14.8 Å². The first-order valence-electron chi connectivity index (χ1n) is 9.79. The van der Waals surface area contributed by atoms with Gasteiger partial charge in [0.2, 0.25) is 15.9 Å². The first-order chi connectivity index (χ1) is 13.8. The van der Waals surface area contributed by atoms with Gasteiger partial charge >= 0.3 is 0 Å². The van der Waals surface area contributed by atoms with Crippen LogP contribution >= 0.6 is 0 Å². The average molecular weight is 419 g/mol. The number of carbonyl (C=O) groups is 1. The molecule has 1 N–H and O–H groups in total. The normalized spacial score (nSPS) is 11.3. The third kappa shape index (κ3) is 7.77. The molecule has 0 aliphatic rings. The Bertz CT molecular complexity index is 865. The molecular formula is C22H30N2O4S. The molecule has 0 aliphatic heterocycles. The maximum absolute atomic E-state index is 12.2. The van der Waals surface area contributed by atoms with E-state index in [1.807, 2.05) is 54.6 Å². The quantitative estimate of drug-likeness (QED) is 0.566. The van der Waals surface area contributed by atoms with Crippen molar-refractivity contribution in [2.75, 3.05) is 30.3 Å². The van der Waals surface area contributed by atoms with E-state index in [1.165, 1.54) is 10.6 Å². The van der Waals surface area contributed by atoms with Gasteiger partial charge in [-0.25, -0.2) is 8.42 Å². The van der Waals surface area contributed by atoms with Crippen LogP contribution in [0, 0.1) is 0 Å². The Labute approximate surface area is 173 Å². The Morgan fingerprint density at radius 1 is 1.07 bits per heavy atom. The third-order valence-corrected chi connectivity index (χ3v) is 5.64. The number of anilines is 1. The number of para-hydroxylation sites is 1. The van der Waals surface area contributed by atoms with Crippen LogP contribution in [0.1, 0.15) is 38.2 Å². The van der Waals surface area contributed by atoms with Gasteiger partial charge in [0.1, 0.15) is 12.4 Å². The first-order valence-corrected chi connectivity index (χ1v) is 11.6. The molecule has 0 atom stereocenters. The van der Waals surface area contributed by atoms with E-state index < -0.39 is 10.0 Å². The molecule has 0 fully saturated rings. The molecule has 0 radical (unpaired) electrons. The largest absolute Gasteiger partial charge is 0.492 e. The molecule has 6 nitrogen and oxygen atoms in total. The van der Waals surface area contributed by atoms with Gasteiger partial charge in [-0.1, -0.05) is 44.2 Å². The molecule has 2 aromatic rings. The van der Waals surface area contributed by atoms with Gasteiger partial charge in [-0.05, 0) is 42.2 Å². The number of carbonyl (C=O) groups excluding carboxylic acids is 1. The molecule has 158 valence electrons. The summed E-state index contributed by atoms with van der Waals surface area (Å²) in [5.41, 5.74) is 1.77. The molecule has 0 bridgehead atoms. The Hall–Kier alpha value is -2.54. The van der Waals surface area contributed by atoms with Gasteiger partial charge in [-0.3, -0.25) is 9.10 Å². The van der Waals surface area contributed by atoms with E-state index in [4.69, 9.17) is 4.74 Å². The Kier molecular flexibility index (Phi) is 8.51. The van der Waals surface area contributed by atoms with Crippen LogP contribution in [0.15, 0.2) is 54.6 Å². The first kappa shape index (κ1) is 22.7. The second kappa shape index (κ2) is 10.9. The van der Waals surface area contributed by atoms with E-state index in [0.717, 1.165) is 11.3 Å². The van der Waals surface area contributed by atoms with Crippen LogP contribution in [0.2, 0.25) is 0 Å². The molecule has 2 aromatic carbocycles. The number of hydrogen-bond acceptors (Lipinski definition) is 4. The maximum Gasteiger partial charge on any atom is 0.232 e. The lowest BCUT2D eigenvalue weighted by molar-refractivity contribution is -0.121. The van der Waals surface area contributed by atoms with Gasteiger partial charge in [0.05, 0.1) is 18.5 Å². The topological polar surface area (TPSA) is 75.7 Å². The lowest BCUT2D eigenvalue weighted by Crippen LogP contribution is -2.32. The highest BCUT2D eigenvalue weighted by molar-refractivity contribution is 7.92. The Morgan fingerprint density at radius 2 is 1.72 bits per heavy atom. The lowest BCUT2D eigenvalue weighted by atomic mass is 10.0. The molecule has 0 spiro atoms. The lowest BCUT2D eigenvalue weighted by Gasteiger charge is -2.23. The fourth-order valence-electron chi connectivity index (χ4n) is 2.86. The molecule has 0 saturated heterocycles. The monoisotopic (exact) mass is 418 g/mol. The fraction of sp³-hybridized carbons (Fsp3) is 0.409. The molecular weight excluding hydrogens is 388 g/mol. The predicted octanol–water partition coefficient (Wildman–Crippen LogP) is 3.55. The van der Waals surface area contributed by atoms with Gasteiger partial charge in [0, 0.05) is 13.0 Å². The third-order valence-electron chi connectivity index (χ3n) is 4.45. The number of amides is 1. The molecule has 0 aromatic heterocycles. The summed E-state index contributed by atoms with van der Waals surface area (Å²) < 4.78 is 31.2. The number of ether oxygens (including phenoxy) is 1. The summed E-state index contributed by atoms with van der Waals surface area (Å²) in [6.07, 6.45) is 1.87. The highest BCUT2D eigenvalue weighted by Gasteiger charge is 2.17. The standard InChI is InChI=1S/C22H30N2O4S/c1-18(2)19-11-13-20(14-12-19)24(29(3,26)27)16-7-10-22(25)23-15-17-28-21-8-5-4-6-9-21/h4-6,8-9,11-14,18H,7,10,15-17H2,1-3H3,(H,23,25). The van der Waals surface area contributed by atoms with Crippen LogP contribution in [-0.4, -0.2) is 40.3 Å². The van der Waals surface area contributed by atoms with Crippen LogP contribution in [0.3, 0.4) is 0 Å². The SMILES string of the molecule is CC(C)c1ccc(N(CCCC(=O)NCCOc2ccccc2)S(C)(=O)=O)cc1. The molecule has 0 aliphatic carbocycles. The zero-order valence-corrected chi connectivity index (χ0v) is 18.1. The van der Waals surface area contributed by atoms with Crippen molar-refractivity contribution in [1.29, 1.82) is 0 Å². The fourth-order valence-corrected chi connectivity index (χ4v) is 3.82. The van der Waals surface area contributed by atoms with E-state index in [0.29, 0.717) is 31.2 Å². The molecule has 7 heteroatoms. The van der Waals surface area contributed by atoms with Gasteiger partial charge in [0.15, 0.2) is 0 Å². The van der Waals surface area contributed by atoms with Crippen LogP contribution in [0.25, 0.3) is 0 Å². The van der Waals surface area contributed by atoms with E-state index in [2.05, 4.69) is 19.2 Å². The van der Waals surface area contributed by atoms with E-state index >= 15 is 0 Å². The molecule has 0 saturated carbocycles. The minimum absolute atomic E-state index is 0.120. The molecule has 0 unspecified atom stereocenters. The molecule has 1 amide bonds. The summed E-state index contributed by atoms with van der Waals surface area (Å²) in [7, 11) is -3.42. The summed E-state index contributed by atoms with van der Waals surface area (Å²) in [6.45, 7) is 5.22. The second-order valence-electron chi connectivity index (χ2n) is 7.20.